The fourth-order valence-corrected chi connectivity index (χ4v) is 6.44. The molecule has 1 aromatic rings. The number of para-hydroxylation sites is 1. The smallest absolute Gasteiger partial charge is 0.426 e. The van der Waals surface area contributed by atoms with Gasteiger partial charge in [0.25, 0.3) is 6.10 Å². The van der Waals surface area contributed by atoms with Gasteiger partial charge in [0.15, 0.2) is 0 Å². The number of ether oxygens (including phenoxy) is 1. The molecule has 210 valence electrons. The maximum Gasteiger partial charge on any atom is 0.434 e. The van der Waals surface area contributed by atoms with Gasteiger partial charge in [0.2, 0.25) is 5.91 Å². The number of nitrogens with zero attached hydrogens (tertiary/aromatic N) is 4. The summed E-state index contributed by atoms with van der Waals surface area (Å²) in [5, 5.41) is 0. The number of anilines is 1. The molecule has 4 aliphatic rings. The van der Waals surface area contributed by atoms with Crippen molar-refractivity contribution in [1.82, 2.24) is 14.7 Å². The Kier molecular flexibility index (Phi) is 6.72. The first-order valence-corrected chi connectivity index (χ1v) is 12.6. The van der Waals surface area contributed by atoms with Gasteiger partial charge in [-0.3, -0.25) is 9.69 Å². The van der Waals surface area contributed by atoms with Crippen molar-refractivity contribution in [3.8, 4) is 0 Å². The highest BCUT2D eigenvalue weighted by Crippen LogP contribution is 2.42. The van der Waals surface area contributed by atoms with Crippen LogP contribution >= 0.6 is 0 Å². The zero-order valence-electron chi connectivity index (χ0n) is 20.9. The van der Waals surface area contributed by atoms with Gasteiger partial charge in [0, 0.05) is 76.9 Å². The maximum absolute atomic E-state index is 12.8. The van der Waals surface area contributed by atoms with Crippen LogP contribution in [0.1, 0.15) is 18.9 Å². The largest absolute Gasteiger partial charge is 0.434 e. The molecule has 13 heteroatoms. The van der Waals surface area contributed by atoms with E-state index in [9.17, 15) is 35.9 Å². The Morgan fingerprint density at radius 3 is 2.13 bits per heavy atom. The molecule has 7 nitrogen and oxygen atoms in total. The zero-order chi connectivity index (χ0) is 27.5. The molecule has 2 unspecified atom stereocenters. The Morgan fingerprint density at radius 2 is 1.55 bits per heavy atom. The first-order valence-electron chi connectivity index (χ1n) is 12.6. The van der Waals surface area contributed by atoms with E-state index in [1.807, 2.05) is 17.0 Å². The quantitative estimate of drug-likeness (QED) is 0.537. The van der Waals surface area contributed by atoms with E-state index in [1.54, 1.807) is 6.92 Å². The zero-order valence-corrected chi connectivity index (χ0v) is 20.9. The van der Waals surface area contributed by atoms with Gasteiger partial charge >= 0.3 is 18.4 Å². The standard InChI is InChI=1S/C25H30F6N4O3/c1-16(36)35-14-23(15-35)6-7-33(13-23)20-5-3-2-4-17(20)8-32-9-18-11-34(12-19(18)10-32)22(37)38-21(24(26,27)28)25(29,30)31/h2-5,18-19,21H,6-15H2,1H3. The molecule has 0 saturated carbocycles. The molecule has 4 fully saturated rings. The average Bonchev–Trinajstić information content (AvgIpc) is 3.48. The predicted octanol–water partition coefficient (Wildman–Crippen LogP) is 3.74. The lowest BCUT2D eigenvalue weighted by Gasteiger charge is -2.47. The molecular formula is C25H30F6N4O3. The number of fused-ring (bicyclic) bond motifs is 1. The van der Waals surface area contributed by atoms with Crippen molar-refractivity contribution in [3.05, 3.63) is 29.8 Å². The van der Waals surface area contributed by atoms with Crippen LogP contribution in [0.2, 0.25) is 0 Å². The normalized spacial score (nSPS) is 25.3. The van der Waals surface area contributed by atoms with Crippen LogP contribution in [0.4, 0.5) is 36.8 Å². The molecule has 4 heterocycles. The fourth-order valence-electron chi connectivity index (χ4n) is 6.44. The predicted molar refractivity (Wildman–Crippen MR) is 124 cm³/mol. The van der Waals surface area contributed by atoms with Gasteiger partial charge < -0.3 is 19.4 Å². The second-order valence-electron chi connectivity index (χ2n) is 11.1. The molecule has 0 N–H and O–H groups in total. The van der Waals surface area contributed by atoms with Crippen molar-refractivity contribution in [1.29, 1.82) is 0 Å². The molecule has 0 bridgehead atoms. The monoisotopic (exact) mass is 548 g/mol. The second-order valence-corrected chi connectivity index (χ2v) is 11.1. The molecular weight excluding hydrogens is 518 g/mol. The van der Waals surface area contributed by atoms with Gasteiger partial charge in [-0.2, -0.15) is 26.3 Å². The Balaban J connectivity index is 1.16. The lowest BCUT2D eigenvalue weighted by molar-refractivity contribution is -0.308. The molecule has 4 saturated heterocycles. The highest BCUT2D eigenvalue weighted by atomic mass is 19.4. The van der Waals surface area contributed by atoms with E-state index in [2.05, 4.69) is 26.7 Å². The summed E-state index contributed by atoms with van der Waals surface area (Å²) in [7, 11) is 0. The SMILES string of the molecule is CC(=O)N1CC2(CCN(c3ccccc3CN3CC4CN(C(=O)OC(C(F)(F)F)C(F)(F)F)CC4C3)C2)C1. The Labute approximate surface area is 216 Å². The number of amides is 2. The molecule has 0 aromatic heterocycles. The Hall–Kier alpha value is -2.70. The van der Waals surface area contributed by atoms with Crippen molar-refractivity contribution < 1.29 is 40.7 Å². The Morgan fingerprint density at radius 1 is 0.947 bits per heavy atom. The van der Waals surface area contributed by atoms with E-state index < -0.39 is 24.5 Å². The van der Waals surface area contributed by atoms with Crippen LogP contribution in [-0.2, 0) is 16.1 Å². The van der Waals surface area contributed by atoms with Crippen LogP contribution in [0.15, 0.2) is 24.3 Å². The summed E-state index contributed by atoms with van der Waals surface area (Å²) in [4.78, 5) is 31.2. The molecule has 2 atom stereocenters. The number of hydrogen-bond acceptors (Lipinski definition) is 5. The molecule has 4 aliphatic heterocycles. The molecule has 2 amide bonds. The van der Waals surface area contributed by atoms with E-state index in [0.29, 0.717) is 19.6 Å². The minimum absolute atomic E-state index is 0.0486. The van der Waals surface area contributed by atoms with E-state index in [0.717, 1.165) is 48.8 Å². The molecule has 1 aromatic carbocycles. The van der Waals surface area contributed by atoms with Gasteiger partial charge in [-0.15, -0.1) is 0 Å². The van der Waals surface area contributed by atoms with Crippen molar-refractivity contribution in [2.45, 2.75) is 38.3 Å². The first-order chi connectivity index (χ1) is 17.7. The Bertz CT molecular complexity index is 1050. The lowest BCUT2D eigenvalue weighted by atomic mass is 9.79. The minimum atomic E-state index is -5.73. The topological polar surface area (TPSA) is 56.3 Å². The van der Waals surface area contributed by atoms with Gasteiger partial charge in [-0.1, -0.05) is 18.2 Å². The number of rotatable bonds is 4. The van der Waals surface area contributed by atoms with Crippen LogP contribution in [0.25, 0.3) is 0 Å². The van der Waals surface area contributed by atoms with Crippen molar-refractivity contribution in [2.75, 3.05) is 57.3 Å². The second kappa shape index (κ2) is 9.49. The third-order valence-corrected chi connectivity index (χ3v) is 8.30. The minimum Gasteiger partial charge on any atom is -0.426 e. The van der Waals surface area contributed by atoms with Crippen LogP contribution in [0.3, 0.4) is 0 Å². The maximum atomic E-state index is 12.8. The number of hydrogen-bond donors (Lipinski definition) is 0. The van der Waals surface area contributed by atoms with Gasteiger partial charge in [0.05, 0.1) is 0 Å². The number of halogens is 6. The summed E-state index contributed by atoms with van der Waals surface area (Å²) in [5.41, 5.74) is 2.42. The number of alkyl halides is 6. The van der Waals surface area contributed by atoms with Gasteiger partial charge in [0.1, 0.15) is 0 Å². The van der Waals surface area contributed by atoms with E-state index in [1.165, 1.54) is 0 Å². The van der Waals surface area contributed by atoms with Crippen LogP contribution in [-0.4, -0.2) is 97.5 Å². The highest BCUT2D eigenvalue weighted by molar-refractivity contribution is 5.74. The molecule has 1 spiro atoms. The van der Waals surface area contributed by atoms with Gasteiger partial charge in [-0.05, 0) is 29.9 Å². The van der Waals surface area contributed by atoms with E-state index >= 15 is 0 Å². The van der Waals surface area contributed by atoms with Gasteiger partial charge in [-0.25, -0.2) is 4.79 Å². The third-order valence-electron chi connectivity index (χ3n) is 8.30. The molecule has 38 heavy (non-hydrogen) atoms. The molecule has 5 rings (SSSR count). The molecule has 0 radical (unpaired) electrons. The summed E-state index contributed by atoms with van der Waals surface area (Å²) < 4.78 is 80.5. The van der Waals surface area contributed by atoms with Crippen LogP contribution < -0.4 is 4.90 Å². The summed E-state index contributed by atoms with van der Waals surface area (Å²) in [6.07, 6.45) is -16.2. The van der Waals surface area contributed by atoms with E-state index in [-0.39, 0.29) is 36.2 Å². The van der Waals surface area contributed by atoms with Crippen molar-refractivity contribution in [2.24, 2.45) is 17.3 Å². The lowest BCUT2D eigenvalue weighted by Crippen LogP contribution is -2.59. The average molecular weight is 549 g/mol. The number of carbonyl (C=O) groups excluding carboxylic acids is 2. The fraction of sp³-hybridized carbons (Fsp3) is 0.680. The number of carbonyl (C=O) groups is 2. The highest BCUT2D eigenvalue weighted by Gasteiger charge is 2.60. The summed E-state index contributed by atoms with van der Waals surface area (Å²) in [5.74, 6) is 0.00136. The van der Waals surface area contributed by atoms with Crippen molar-refractivity contribution in [3.63, 3.8) is 0 Å². The summed E-state index contributed by atoms with van der Waals surface area (Å²) in [6.45, 7) is 6.88. The number of likely N-dealkylation sites (tertiary alicyclic amines) is 3. The molecule has 0 aliphatic carbocycles. The van der Waals surface area contributed by atoms with E-state index in [4.69, 9.17) is 0 Å². The van der Waals surface area contributed by atoms with Crippen LogP contribution in [0, 0.1) is 17.3 Å². The first kappa shape index (κ1) is 26.9. The van der Waals surface area contributed by atoms with Crippen molar-refractivity contribution >= 4 is 17.7 Å². The number of benzene rings is 1. The summed E-state index contributed by atoms with van der Waals surface area (Å²) in [6, 6.07) is 8.11. The summed E-state index contributed by atoms with van der Waals surface area (Å²) >= 11 is 0. The third kappa shape index (κ3) is 5.26. The van der Waals surface area contributed by atoms with Crippen LogP contribution in [0.5, 0.6) is 0 Å².